The normalized spacial score (nSPS) is 22.2. The molecule has 1 aromatic rings. The van der Waals surface area contributed by atoms with E-state index in [1.807, 2.05) is 0 Å². The van der Waals surface area contributed by atoms with Crippen LogP contribution in [0.15, 0.2) is 18.2 Å². The number of hydrogen-bond acceptors (Lipinski definition) is 1. The first-order chi connectivity index (χ1) is 7.36. The van der Waals surface area contributed by atoms with Gasteiger partial charge >= 0.3 is 0 Å². The first kappa shape index (κ1) is 9.41. The Hall–Kier alpha value is -0.820. The zero-order chi connectivity index (χ0) is 10.3. The van der Waals surface area contributed by atoms with Gasteiger partial charge in [0, 0.05) is 5.41 Å². The molecule has 0 spiro atoms. The van der Waals surface area contributed by atoms with Crippen LogP contribution in [0.5, 0.6) is 0 Å². The smallest absolute Gasteiger partial charge is 0.0528 e. The predicted octanol–water partition coefficient (Wildman–Crippen LogP) is 2.59. The van der Waals surface area contributed by atoms with Gasteiger partial charge in [-0.1, -0.05) is 18.2 Å². The summed E-state index contributed by atoms with van der Waals surface area (Å²) in [6.07, 6.45) is 7.49. The van der Waals surface area contributed by atoms with Crippen LogP contribution in [-0.4, -0.2) is 11.7 Å². The maximum absolute atomic E-state index is 9.51. The molecule has 15 heavy (non-hydrogen) atoms. The average molecular weight is 202 g/mol. The molecule has 1 nitrogen and oxygen atoms in total. The van der Waals surface area contributed by atoms with Crippen LogP contribution in [0.4, 0.5) is 0 Å². The lowest BCUT2D eigenvalue weighted by Gasteiger charge is -2.23. The van der Waals surface area contributed by atoms with E-state index in [1.165, 1.54) is 44.1 Å². The quantitative estimate of drug-likeness (QED) is 0.781. The fourth-order valence-electron chi connectivity index (χ4n) is 2.94. The Morgan fingerprint density at radius 1 is 1.13 bits per heavy atom. The maximum Gasteiger partial charge on any atom is 0.0528 e. The topological polar surface area (TPSA) is 20.2 Å². The van der Waals surface area contributed by atoms with Gasteiger partial charge in [-0.2, -0.15) is 0 Å². The number of aliphatic hydroxyl groups excluding tert-OH is 1. The van der Waals surface area contributed by atoms with Crippen LogP contribution >= 0.6 is 0 Å². The second-order valence-electron chi connectivity index (χ2n) is 5.09. The third-order valence-corrected chi connectivity index (χ3v) is 4.12. The second-order valence-corrected chi connectivity index (χ2v) is 5.09. The van der Waals surface area contributed by atoms with Crippen LogP contribution in [-0.2, 0) is 18.3 Å². The molecule has 0 heterocycles. The molecule has 0 bridgehead atoms. The summed E-state index contributed by atoms with van der Waals surface area (Å²) in [7, 11) is 0. The summed E-state index contributed by atoms with van der Waals surface area (Å²) in [5.74, 6) is 0. The van der Waals surface area contributed by atoms with Crippen molar-refractivity contribution in [1.29, 1.82) is 0 Å². The van der Waals surface area contributed by atoms with E-state index in [0.29, 0.717) is 6.61 Å². The number of fused-ring (bicyclic) bond motifs is 1. The van der Waals surface area contributed by atoms with Gasteiger partial charge in [0.05, 0.1) is 6.61 Å². The lowest BCUT2D eigenvalue weighted by molar-refractivity contribution is 0.254. The first-order valence-corrected chi connectivity index (χ1v) is 6.08. The van der Waals surface area contributed by atoms with Gasteiger partial charge in [-0.25, -0.2) is 0 Å². The SMILES string of the molecule is OCC1(c2cccc3c2CCCC3)CC1. The van der Waals surface area contributed by atoms with Gasteiger partial charge in [0.25, 0.3) is 0 Å². The molecule has 0 radical (unpaired) electrons. The fourth-order valence-corrected chi connectivity index (χ4v) is 2.94. The zero-order valence-corrected chi connectivity index (χ0v) is 9.13. The third kappa shape index (κ3) is 1.41. The highest BCUT2D eigenvalue weighted by atomic mass is 16.3. The van der Waals surface area contributed by atoms with Gasteiger partial charge in [0.15, 0.2) is 0 Å². The predicted molar refractivity (Wildman–Crippen MR) is 61.1 cm³/mol. The van der Waals surface area contributed by atoms with Crippen molar-refractivity contribution in [3.05, 3.63) is 34.9 Å². The van der Waals surface area contributed by atoms with E-state index in [0.717, 1.165) is 0 Å². The van der Waals surface area contributed by atoms with E-state index in [-0.39, 0.29) is 5.41 Å². The maximum atomic E-state index is 9.51. The van der Waals surface area contributed by atoms with Crippen LogP contribution in [0.2, 0.25) is 0 Å². The van der Waals surface area contributed by atoms with E-state index in [2.05, 4.69) is 18.2 Å². The molecule has 0 aliphatic heterocycles. The van der Waals surface area contributed by atoms with E-state index in [1.54, 1.807) is 11.1 Å². The van der Waals surface area contributed by atoms with Gasteiger partial charge < -0.3 is 5.11 Å². The summed E-state index contributed by atoms with van der Waals surface area (Å²) in [6, 6.07) is 6.69. The van der Waals surface area contributed by atoms with E-state index >= 15 is 0 Å². The van der Waals surface area contributed by atoms with Crippen LogP contribution < -0.4 is 0 Å². The van der Waals surface area contributed by atoms with Crippen molar-refractivity contribution in [3.63, 3.8) is 0 Å². The number of aliphatic hydroxyl groups is 1. The van der Waals surface area contributed by atoms with Crippen LogP contribution in [0.25, 0.3) is 0 Å². The summed E-state index contributed by atoms with van der Waals surface area (Å²) in [6.45, 7) is 0.337. The summed E-state index contributed by atoms with van der Waals surface area (Å²) in [5.41, 5.74) is 4.72. The van der Waals surface area contributed by atoms with Crippen LogP contribution in [0.1, 0.15) is 42.4 Å². The molecule has 1 saturated carbocycles. The molecule has 1 aromatic carbocycles. The molecule has 3 rings (SSSR count). The second kappa shape index (κ2) is 3.34. The minimum absolute atomic E-state index is 0.155. The Balaban J connectivity index is 2.08. The monoisotopic (exact) mass is 202 g/mol. The van der Waals surface area contributed by atoms with Gasteiger partial charge in [-0.15, -0.1) is 0 Å². The molecule has 0 saturated heterocycles. The Morgan fingerprint density at radius 2 is 1.93 bits per heavy atom. The first-order valence-electron chi connectivity index (χ1n) is 6.08. The molecule has 1 N–H and O–H groups in total. The minimum Gasteiger partial charge on any atom is -0.395 e. The molecule has 1 fully saturated rings. The van der Waals surface area contributed by atoms with Gasteiger partial charge in [-0.3, -0.25) is 0 Å². The largest absolute Gasteiger partial charge is 0.395 e. The van der Waals surface area contributed by atoms with Gasteiger partial charge in [0.1, 0.15) is 0 Å². The molecule has 1 heteroatoms. The number of benzene rings is 1. The Labute approximate surface area is 91.1 Å². The number of hydrogen-bond donors (Lipinski definition) is 1. The molecule has 0 amide bonds. The highest BCUT2D eigenvalue weighted by Crippen LogP contribution is 2.50. The van der Waals surface area contributed by atoms with Crippen molar-refractivity contribution in [2.24, 2.45) is 0 Å². The molecule has 2 aliphatic carbocycles. The highest BCUT2D eigenvalue weighted by Gasteiger charge is 2.45. The number of aryl methyl sites for hydroxylation is 1. The molecule has 2 aliphatic rings. The van der Waals surface area contributed by atoms with E-state index < -0.39 is 0 Å². The summed E-state index contributed by atoms with van der Waals surface area (Å²) in [5, 5.41) is 9.51. The lowest BCUT2D eigenvalue weighted by Crippen LogP contribution is -2.17. The van der Waals surface area contributed by atoms with Crippen molar-refractivity contribution >= 4 is 0 Å². The Bertz CT molecular complexity index is 377. The van der Waals surface area contributed by atoms with Crippen molar-refractivity contribution < 1.29 is 5.11 Å². The van der Waals surface area contributed by atoms with Gasteiger partial charge in [-0.05, 0) is 55.2 Å². The van der Waals surface area contributed by atoms with Crippen molar-refractivity contribution in [1.82, 2.24) is 0 Å². The molecular formula is C14H18O. The molecule has 0 atom stereocenters. The fraction of sp³-hybridized carbons (Fsp3) is 0.571. The Morgan fingerprint density at radius 3 is 2.67 bits per heavy atom. The highest BCUT2D eigenvalue weighted by molar-refractivity contribution is 5.44. The standard InChI is InChI=1S/C14H18O/c15-10-14(8-9-14)13-7-3-5-11-4-1-2-6-12(11)13/h3,5,7,15H,1-2,4,6,8-10H2. The van der Waals surface area contributed by atoms with E-state index in [4.69, 9.17) is 0 Å². The average Bonchev–Trinajstić information content (AvgIpc) is 3.09. The summed E-state index contributed by atoms with van der Waals surface area (Å²) in [4.78, 5) is 0. The summed E-state index contributed by atoms with van der Waals surface area (Å²) >= 11 is 0. The van der Waals surface area contributed by atoms with Crippen LogP contribution in [0.3, 0.4) is 0 Å². The van der Waals surface area contributed by atoms with Gasteiger partial charge in [0.2, 0.25) is 0 Å². The molecular weight excluding hydrogens is 184 g/mol. The van der Waals surface area contributed by atoms with E-state index in [9.17, 15) is 5.11 Å². The van der Waals surface area contributed by atoms with Crippen LogP contribution in [0, 0.1) is 0 Å². The zero-order valence-electron chi connectivity index (χ0n) is 9.13. The summed E-state index contributed by atoms with van der Waals surface area (Å²) < 4.78 is 0. The van der Waals surface area contributed by atoms with Crippen molar-refractivity contribution in [3.8, 4) is 0 Å². The lowest BCUT2D eigenvalue weighted by atomic mass is 9.82. The number of rotatable bonds is 2. The minimum atomic E-state index is 0.155. The molecule has 80 valence electrons. The van der Waals surface area contributed by atoms with Crippen molar-refractivity contribution in [2.45, 2.75) is 43.9 Å². The third-order valence-electron chi connectivity index (χ3n) is 4.12. The molecule has 0 unspecified atom stereocenters. The molecule has 0 aromatic heterocycles. The van der Waals surface area contributed by atoms with Crippen molar-refractivity contribution in [2.75, 3.05) is 6.61 Å². The Kier molecular flexibility index (Phi) is 2.10.